The normalized spacial score (nSPS) is 12.6. The standard InChI is InChI=1S/C29H32N4/c1-4-7-19-14-25-17-23-12-10-21(30-23)16-22-11-13-24(31-22)18-26-15-20(8-5-2)29(33-26)27(9-6-3)28(19)32-25/h10-18,32-33H,4-9H2,1-3H3. The van der Waals surface area contributed by atoms with Crippen LogP contribution in [0.4, 0.5) is 0 Å². The molecule has 2 N–H and O–H groups in total. The molecule has 4 heteroatoms. The molecular formula is C29H32N4. The van der Waals surface area contributed by atoms with Crippen LogP contribution in [0.1, 0.15) is 79.5 Å². The maximum atomic E-state index is 4.79. The van der Waals surface area contributed by atoms with Crippen molar-refractivity contribution in [3.05, 3.63) is 69.8 Å². The molecule has 0 aliphatic carbocycles. The van der Waals surface area contributed by atoms with E-state index in [4.69, 9.17) is 9.97 Å². The summed E-state index contributed by atoms with van der Waals surface area (Å²) in [7, 11) is 0. The molecule has 2 aliphatic rings. The molecule has 2 aliphatic heterocycles. The molecule has 0 fully saturated rings. The molecule has 0 spiro atoms. The Hall–Kier alpha value is -3.40. The van der Waals surface area contributed by atoms with Gasteiger partial charge in [-0.2, -0.15) is 0 Å². The summed E-state index contributed by atoms with van der Waals surface area (Å²) in [6.07, 6.45) is 14.7. The van der Waals surface area contributed by atoms with Gasteiger partial charge in [-0.3, -0.25) is 0 Å². The molecule has 8 bridgehead atoms. The maximum Gasteiger partial charge on any atom is 0.0659 e. The molecule has 0 aromatic carbocycles. The zero-order valence-electron chi connectivity index (χ0n) is 19.8. The highest BCUT2D eigenvalue weighted by atomic mass is 14.8. The first-order valence-electron chi connectivity index (χ1n) is 12.3. The molecule has 0 radical (unpaired) electrons. The van der Waals surface area contributed by atoms with Crippen molar-refractivity contribution in [1.29, 1.82) is 0 Å². The molecule has 3 aromatic rings. The van der Waals surface area contributed by atoms with Gasteiger partial charge < -0.3 is 9.97 Å². The second-order valence-corrected chi connectivity index (χ2v) is 9.00. The number of aryl methyl sites for hydroxylation is 3. The Labute approximate surface area is 195 Å². The zero-order chi connectivity index (χ0) is 22.8. The number of rotatable bonds is 6. The number of fused-ring (bicyclic) bond motifs is 8. The molecule has 168 valence electrons. The quantitative estimate of drug-likeness (QED) is 0.289. The van der Waals surface area contributed by atoms with Gasteiger partial charge in [-0.05, 0) is 90.6 Å². The molecule has 0 saturated heterocycles. The van der Waals surface area contributed by atoms with E-state index in [9.17, 15) is 0 Å². The summed E-state index contributed by atoms with van der Waals surface area (Å²) >= 11 is 0. The predicted octanol–water partition coefficient (Wildman–Crippen LogP) is 7.51. The number of nitrogens with zero attached hydrogens (tertiary/aromatic N) is 2. The molecular weight excluding hydrogens is 404 g/mol. The van der Waals surface area contributed by atoms with Crippen molar-refractivity contribution in [2.45, 2.75) is 59.3 Å². The second-order valence-electron chi connectivity index (χ2n) is 9.00. The highest BCUT2D eigenvalue weighted by molar-refractivity contribution is 5.82. The highest BCUT2D eigenvalue weighted by Gasteiger charge is 2.12. The van der Waals surface area contributed by atoms with E-state index in [2.05, 4.69) is 79.3 Å². The lowest BCUT2D eigenvalue weighted by Gasteiger charge is -2.05. The summed E-state index contributed by atoms with van der Waals surface area (Å²) in [5.41, 5.74) is 12.7. The molecule has 0 amide bonds. The minimum Gasteiger partial charge on any atom is -0.355 e. The van der Waals surface area contributed by atoms with Gasteiger partial charge in [-0.1, -0.05) is 40.0 Å². The third-order valence-corrected chi connectivity index (χ3v) is 6.25. The molecule has 4 nitrogen and oxygen atoms in total. The molecule has 0 unspecified atom stereocenters. The van der Waals surface area contributed by atoms with Crippen molar-refractivity contribution < 1.29 is 0 Å². The largest absolute Gasteiger partial charge is 0.355 e. The fourth-order valence-corrected chi connectivity index (χ4v) is 4.87. The molecule has 33 heavy (non-hydrogen) atoms. The first-order chi connectivity index (χ1) is 16.2. The smallest absolute Gasteiger partial charge is 0.0659 e. The maximum absolute atomic E-state index is 4.79. The van der Waals surface area contributed by atoms with Gasteiger partial charge in [0.2, 0.25) is 0 Å². The Kier molecular flexibility index (Phi) is 5.99. The van der Waals surface area contributed by atoms with Crippen LogP contribution in [-0.4, -0.2) is 19.9 Å². The molecule has 5 heterocycles. The molecule has 3 aromatic heterocycles. The van der Waals surface area contributed by atoms with E-state index in [0.717, 1.165) is 72.3 Å². The third kappa shape index (κ3) is 4.43. The van der Waals surface area contributed by atoms with E-state index in [-0.39, 0.29) is 0 Å². The number of hydrogen-bond acceptors (Lipinski definition) is 2. The molecule has 0 atom stereocenters. The number of H-pyrrole nitrogens is 2. The fraction of sp³-hybridized carbons (Fsp3) is 0.310. The van der Waals surface area contributed by atoms with Crippen molar-refractivity contribution in [1.82, 2.24) is 19.9 Å². The fourth-order valence-electron chi connectivity index (χ4n) is 4.87. The van der Waals surface area contributed by atoms with E-state index in [1.54, 1.807) is 0 Å². The van der Waals surface area contributed by atoms with Gasteiger partial charge in [0.05, 0.1) is 22.8 Å². The van der Waals surface area contributed by atoms with Crippen molar-refractivity contribution in [2.24, 2.45) is 0 Å². The van der Waals surface area contributed by atoms with E-state index >= 15 is 0 Å². The lowest BCUT2D eigenvalue weighted by molar-refractivity contribution is 0.906. The Morgan fingerprint density at radius 3 is 1.39 bits per heavy atom. The van der Waals surface area contributed by atoms with Crippen LogP contribution in [0.5, 0.6) is 0 Å². The highest BCUT2D eigenvalue weighted by Crippen LogP contribution is 2.27. The summed E-state index contributed by atoms with van der Waals surface area (Å²) in [6, 6.07) is 11.0. The van der Waals surface area contributed by atoms with Crippen molar-refractivity contribution in [3.63, 3.8) is 0 Å². The number of nitrogens with one attached hydrogen (secondary N) is 2. The summed E-state index contributed by atoms with van der Waals surface area (Å²) in [5, 5.41) is 0. The van der Waals surface area contributed by atoms with Crippen molar-refractivity contribution in [3.8, 4) is 0 Å². The minimum absolute atomic E-state index is 0.934. The average molecular weight is 437 g/mol. The summed E-state index contributed by atoms with van der Waals surface area (Å²) in [4.78, 5) is 17.1. The number of aromatic nitrogens is 4. The third-order valence-electron chi connectivity index (χ3n) is 6.25. The SMILES string of the molecule is CCCc1cc2cc3nc(cc4nc(cc5cc(CCC)c([nH]5)c(CCC)c1[nH]2)C=C4)C=C3. The van der Waals surface area contributed by atoms with Crippen molar-refractivity contribution in [2.75, 3.05) is 0 Å². The zero-order valence-corrected chi connectivity index (χ0v) is 19.8. The van der Waals surface area contributed by atoms with Crippen LogP contribution in [0.15, 0.2) is 30.3 Å². The van der Waals surface area contributed by atoms with E-state index in [0.29, 0.717) is 0 Å². The van der Waals surface area contributed by atoms with Crippen LogP contribution in [0, 0.1) is 0 Å². The Morgan fingerprint density at radius 2 is 0.970 bits per heavy atom. The van der Waals surface area contributed by atoms with Crippen LogP contribution in [0.2, 0.25) is 0 Å². The van der Waals surface area contributed by atoms with Crippen LogP contribution < -0.4 is 0 Å². The summed E-state index contributed by atoms with van der Waals surface area (Å²) in [6.45, 7) is 6.76. The lowest BCUT2D eigenvalue weighted by Crippen LogP contribution is -1.92. The van der Waals surface area contributed by atoms with Crippen LogP contribution in [0.25, 0.3) is 46.4 Å². The molecule has 0 saturated carbocycles. The monoisotopic (exact) mass is 436 g/mol. The Balaban J connectivity index is 1.92. The van der Waals surface area contributed by atoms with E-state index < -0.39 is 0 Å². The topological polar surface area (TPSA) is 57.4 Å². The average Bonchev–Trinajstić information content (AvgIpc) is 3.57. The summed E-state index contributed by atoms with van der Waals surface area (Å²) in [5.74, 6) is 0. The summed E-state index contributed by atoms with van der Waals surface area (Å²) < 4.78 is 0. The lowest BCUT2D eigenvalue weighted by atomic mass is 10.0. The van der Waals surface area contributed by atoms with Gasteiger partial charge in [0.25, 0.3) is 0 Å². The van der Waals surface area contributed by atoms with Crippen LogP contribution in [-0.2, 0) is 19.3 Å². The minimum atomic E-state index is 0.934. The van der Waals surface area contributed by atoms with Gasteiger partial charge in [0.1, 0.15) is 0 Å². The first kappa shape index (κ1) is 21.4. The Bertz CT molecular complexity index is 1300. The van der Waals surface area contributed by atoms with Gasteiger partial charge in [-0.25, -0.2) is 9.97 Å². The molecule has 5 rings (SSSR count). The van der Waals surface area contributed by atoms with Gasteiger partial charge in [0, 0.05) is 22.1 Å². The van der Waals surface area contributed by atoms with Crippen LogP contribution >= 0.6 is 0 Å². The van der Waals surface area contributed by atoms with Crippen molar-refractivity contribution >= 4 is 46.4 Å². The van der Waals surface area contributed by atoms with Crippen LogP contribution in [0.3, 0.4) is 0 Å². The van der Waals surface area contributed by atoms with E-state index in [1.165, 1.54) is 27.7 Å². The Morgan fingerprint density at radius 1 is 0.545 bits per heavy atom. The van der Waals surface area contributed by atoms with Gasteiger partial charge >= 0.3 is 0 Å². The first-order valence-corrected chi connectivity index (χ1v) is 12.3. The predicted molar refractivity (Wildman–Crippen MR) is 141 cm³/mol. The van der Waals surface area contributed by atoms with E-state index in [1.807, 2.05) is 6.07 Å². The van der Waals surface area contributed by atoms with Gasteiger partial charge in [-0.15, -0.1) is 0 Å². The van der Waals surface area contributed by atoms with Gasteiger partial charge in [0.15, 0.2) is 0 Å². The number of hydrogen-bond donors (Lipinski definition) is 2. The number of aromatic amines is 2. The second kappa shape index (κ2) is 9.22.